The summed E-state index contributed by atoms with van der Waals surface area (Å²) in [5.74, 6) is -0.769. The van der Waals surface area contributed by atoms with Crippen molar-refractivity contribution in [1.82, 2.24) is 9.88 Å². The minimum absolute atomic E-state index is 0.101. The normalized spacial score (nSPS) is 19.6. The first-order valence-electron chi connectivity index (χ1n) is 5.36. The standard InChI is InChI=1S/C11H12N2O4S/c14-8-2-1-3-12-9(8)10(15)13-4-5-18-6-7(13)11(16)17/h1-3,7,14H,4-6H2,(H,16,17). The van der Waals surface area contributed by atoms with Gasteiger partial charge < -0.3 is 15.1 Å². The molecule has 0 aromatic carbocycles. The van der Waals surface area contributed by atoms with Gasteiger partial charge in [-0.1, -0.05) is 0 Å². The number of thioether (sulfide) groups is 1. The Morgan fingerprint density at radius 3 is 2.94 bits per heavy atom. The first-order chi connectivity index (χ1) is 8.61. The van der Waals surface area contributed by atoms with Crippen LogP contribution in [0.25, 0.3) is 0 Å². The fourth-order valence-corrected chi connectivity index (χ4v) is 2.79. The van der Waals surface area contributed by atoms with Crippen LogP contribution in [0.4, 0.5) is 0 Å². The van der Waals surface area contributed by atoms with Crippen LogP contribution in [-0.2, 0) is 4.79 Å². The van der Waals surface area contributed by atoms with Crippen molar-refractivity contribution in [2.75, 3.05) is 18.1 Å². The Morgan fingerprint density at radius 2 is 2.28 bits per heavy atom. The number of aliphatic carboxylic acids is 1. The summed E-state index contributed by atoms with van der Waals surface area (Å²) in [7, 11) is 0. The summed E-state index contributed by atoms with van der Waals surface area (Å²) >= 11 is 1.49. The van der Waals surface area contributed by atoms with Crippen LogP contribution in [-0.4, -0.2) is 56.1 Å². The topological polar surface area (TPSA) is 90.7 Å². The van der Waals surface area contributed by atoms with Crippen molar-refractivity contribution in [3.8, 4) is 5.75 Å². The highest BCUT2D eigenvalue weighted by Crippen LogP contribution is 2.22. The molecular formula is C11H12N2O4S. The zero-order valence-electron chi connectivity index (χ0n) is 9.44. The summed E-state index contributed by atoms with van der Waals surface area (Å²) in [6.45, 7) is 0.344. The van der Waals surface area contributed by atoms with Crippen LogP contribution in [0.2, 0.25) is 0 Å². The van der Waals surface area contributed by atoms with Gasteiger partial charge in [0.25, 0.3) is 5.91 Å². The predicted octanol–water partition coefficient (Wildman–Crippen LogP) is 0.429. The molecule has 1 amide bonds. The van der Waals surface area contributed by atoms with Gasteiger partial charge in [0.2, 0.25) is 0 Å². The molecular weight excluding hydrogens is 256 g/mol. The van der Waals surface area contributed by atoms with Crippen LogP contribution < -0.4 is 0 Å². The van der Waals surface area contributed by atoms with E-state index < -0.39 is 17.9 Å². The highest BCUT2D eigenvalue weighted by atomic mass is 32.2. The molecule has 1 aromatic heterocycles. The Hall–Kier alpha value is -1.76. The van der Waals surface area contributed by atoms with Crippen molar-refractivity contribution < 1.29 is 19.8 Å². The van der Waals surface area contributed by atoms with Crippen LogP contribution in [0.15, 0.2) is 18.3 Å². The first-order valence-corrected chi connectivity index (χ1v) is 6.52. The van der Waals surface area contributed by atoms with Gasteiger partial charge in [0.15, 0.2) is 5.69 Å². The van der Waals surface area contributed by atoms with E-state index in [1.54, 1.807) is 0 Å². The number of carboxylic acids is 1. The third-order valence-electron chi connectivity index (χ3n) is 2.66. The second-order valence-corrected chi connectivity index (χ2v) is 4.95. The molecule has 1 aliphatic heterocycles. The lowest BCUT2D eigenvalue weighted by Crippen LogP contribution is -2.50. The predicted molar refractivity (Wildman–Crippen MR) is 65.7 cm³/mol. The highest BCUT2D eigenvalue weighted by molar-refractivity contribution is 7.99. The smallest absolute Gasteiger partial charge is 0.327 e. The van der Waals surface area contributed by atoms with Gasteiger partial charge in [-0.15, -0.1) is 0 Å². The van der Waals surface area contributed by atoms with Crippen LogP contribution in [0, 0.1) is 0 Å². The Balaban J connectivity index is 2.27. The zero-order valence-corrected chi connectivity index (χ0v) is 10.3. The summed E-state index contributed by atoms with van der Waals surface area (Å²) in [5.41, 5.74) is -0.101. The Labute approximate surface area is 108 Å². The lowest BCUT2D eigenvalue weighted by atomic mass is 10.2. The molecule has 18 heavy (non-hydrogen) atoms. The number of carboxylic acid groups (broad SMARTS) is 1. The third-order valence-corrected chi connectivity index (χ3v) is 3.69. The number of rotatable bonds is 2. The monoisotopic (exact) mass is 268 g/mol. The molecule has 0 spiro atoms. The molecule has 1 aromatic rings. The van der Waals surface area contributed by atoms with E-state index in [0.29, 0.717) is 18.1 Å². The van der Waals surface area contributed by atoms with E-state index in [1.807, 2.05) is 0 Å². The molecule has 1 unspecified atom stereocenters. The molecule has 1 atom stereocenters. The number of hydrogen-bond acceptors (Lipinski definition) is 5. The fraction of sp³-hybridized carbons (Fsp3) is 0.364. The second-order valence-electron chi connectivity index (χ2n) is 3.80. The van der Waals surface area contributed by atoms with Crippen molar-refractivity contribution in [2.45, 2.75) is 6.04 Å². The van der Waals surface area contributed by atoms with E-state index >= 15 is 0 Å². The number of hydrogen-bond donors (Lipinski definition) is 2. The number of carbonyl (C=O) groups excluding carboxylic acids is 1. The van der Waals surface area contributed by atoms with E-state index in [-0.39, 0.29) is 11.4 Å². The molecule has 1 saturated heterocycles. The fourth-order valence-electron chi connectivity index (χ4n) is 1.75. The average molecular weight is 268 g/mol. The summed E-state index contributed by atoms with van der Waals surface area (Å²) < 4.78 is 0. The van der Waals surface area contributed by atoms with Gasteiger partial charge in [-0.05, 0) is 12.1 Å². The van der Waals surface area contributed by atoms with Gasteiger partial charge in [0.05, 0.1) is 0 Å². The van der Waals surface area contributed by atoms with Crippen LogP contribution in [0.3, 0.4) is 0 Å². The van der Waals surface area contributed by atoms with Crippen molar-refractivity contribution in [2.24, 2.45) is 0 Å². The van der Waals surface area contributed by atoms with Crippen molar-refractivity contribution in [1.29, 1.82) is 0 Å². The molecule has 0 bridgehead atoms. The number of pyridine rings is 1. The summed E-state index contributed by atoms with van der Waals surface area (Å²) in [6, 6.07) is 2.00. The number of aromatic hydroxyl groups is 1. The van der Waals surface area contributed by atoms with E-state index in [1.165, 1.54) is 35.0 Å². The maximum atomic E-state index is 12.2. The minimum Gasteiger partial charge on any atom is -0.505 e. The number of aromatic nitrogens is 1. The molecule has 2 rings (SSSR count). The van der Waals surface area contributed by atoms with Gasteiger partial charge in [-0.2, -0.15) is 11.8 Å². The molecule has 7 heteroatoms. The van der Waals surface area contributed by atoms with Crippen molar-refractivity contribution >= 4 is 23.6 Å². The number of amides is 1. The Morgan fingerprint density at radius 1 is 1.50 bits per heavy atom. The van der Waals surface area contributed by atoms with Gasteiger partial charge in [-0.3, -0.25) is 4.79 Å². The summed E-state index contributed by atoms with van der Waals surface area (Å²) in [4.78, 5) is 28.3. The van der Waals surface area contributed by atoms with Crippen molar-refractivity contribution in [3.63, 3.8) is 0 Å². The van der Waals surface area contributed by atoms with E-state index in [4.69, 9.17) is 5.11 Å². The molecule has 0 saturated carbocycles. The molecule has 0 aliphatic carbocycles. The molecule has 0 radical (unpaired) electrons. The molecule has 2 N–H and O–H groups in total. The zero-order chi connectivity index (χ0) is 13.1. The Kier molecular flexibility index (Phi) is 3.71. The summed E-state index contributed by atoms with van der Waals surface area (Å²) in [5, 5.41) is 18.7. The van der Waals surface area contributed by atoms with Gasteiger partial charge in [0, 0.05) is 24.2 Å². The van der Waals surface area contributed by atoms with E-state index in [2.05, 4.69) is 4.98 Å². The van der Waals surface area contributed by atoms with Gasteiger partial charge in [0.1, 0.15) is 11.8 Å². The van der Waals surface area contributed by atoms with Crippen LogP contribution >= 0.6 is 11.8 Å². The lowest BCUT2D eigenvalue weighted by Gasteiger charge is -2.32. The minimum atomic E-state index is -1.04. The highest BCUT2D eigenvalue weighted by Gasteiger charge is 2.34. The van der Waals surface area contributed by atoms with Crippen LogP contribution in [0.1, 0.15) is 10.5 Å². The van der Waals surface area contributed by atoms with E-state index in [9.17, 15) is 14.7 Å². The molecule has 2 heterocycles. The van der Waals surface area contributed by atoms with Crippen LogP contribution in [0.5, 0.6) is 5.75 Å². The van der Waals surface area contributed by atoms with Crippen molar-refractivity contribution in [3.05, 3.63) is 24.0 Å². The average Bonchev–Trinajstić information content (AvgIpc) is 2.38. The maximum absolute atomic E-state index is 12.2. The second kappa shape index (κ2) is 5.26. The summed E-state index contributed by atoms with van der Waals surface area (Å²) in [6.07, 6.45) is 1.39. The SMILES string of the molecule is O=C(O)C1CSCCN1C(=O)c1ncccc1O. The number of nitrogens with zero attached hydrogens (tertiary/aromatic N) is 2. The molecule has 1 aliphatic rings. The third kappa shape index (κ3) is 2.40. The number of carbonyl (C=O) groups is 2. The first kappa shape index (κ1) is 12.7. The Bertz CT molecular complexity index is 480. The molecule has 6 nitrogen and oxygen atoms in total. The quantitative estimate of drug-likeness (QED) is 0.808. The van der Waals surface area contributed by atoms with Gasteiger partial charge in [-0.25, -0.2) is 9.78 Å². The largest absolute Gasteiger partial charge is 0.505 e. The molecule has 1 fully saturated rings. The molecule has 96 valence electrons. The lowest BCUT2D eigenvalue weighted by molar-refractivity contribution is -0.141. The van der Waals surface area contributed by atoms with E-state index in [0.717, 1.165) is 0 Å². The maximum Gasteiger partial charge on any atom is 0.327 e. The van der Waals surface area contributed by atoms with Gasteiger partial charge >= 0.3 is 5.97 Å².